The first kappa shape index (κ1) is 19.2. The summed E-state index contributed by atoms with van der Waals surface area (Å²) in [6.45, 7) is 1.45. The maximum atomic E-state index is 13.1. The highest BCUT2D eigenvalue weighted by Crippen LogP contribution is 2.32. The molecule has 0 spiro atoms. The summed E-state index contributed by atoms with van der Waals surface area (Å²) in [7, 11) is 0. The average molecular weight is 404 g/mol. The van der Waals surface area contributed by atoms with Gasteiger partial charge in [0.1, 0.15) is 0 Å². The van der Waals surface area contributed by atoms with Crippen molar-refractivity contribution >= 4 is 23.2 Å². The van der Waals surface area contributed by atoms with E-state index in [9.17, 15) is 14.4 Å². The highest BCUT2D eigenvalue weighted by molar-refractivity contribution is 6.30. The largest absolute Gasteiger partial charge is 0.324 e. The van der Waals surface area contributed by atoms with Crippen LogP contribution in [0.1, 0.15) is 70.4 Å². The van der Waals surface area contributed by atoms with Crippen LogP contribution < -0.4 is 10.2 Å². The molecule has 2 aliphatic carbocycles. The fourth-order valence-corrected chi connectivity index (χ4v) is 5.74. The van der Waals surface area contributed by atoms with E-state index in [4.69, 9.17) is 0 Å². The van der Waals surface area contributed by atoms with Crippen molar-refractivity contribution in [2.24, 2.45) is 5.92 Å². The molecule has 1 saturated heterocycles. The molecule has 0 bridgehead atoms. The van der Waals surface area contributed by atoms with E-state index in [1.165, 1.54) is 43.4 Å². The first-order valence-corrected chi connectivity index (χ1v) is 11.1. The number of hydrogen-bond donors (Lipinski definition) is 2. The molecule has 2 aromatic carbocycles. The number of hydrogen-bond acceptors (Lipinski definition) is 3. The minimum Gasteiger partial charge on any atom is -0.324 e. The molecule has 154 valence electrons. The number of rotatable bonds is 3. The third-order valence-electron chi connectivity index (χ3n) is 7.12. The van der Waals surface area contributed by atoms with E-state index in [1.807, 2.05) is 0 Å². The van der Waals surface area contributed by atoms with Crippen molar-refractivity contribution in [3.63, 3.8) is 0 Å². The van der Waals surface area contributed by atoms with E-state index in [1.54, 1.807) is 42.5 Å². The summed E-state index contributed by atoms with van der Waals surface area (Å²) < 4.78 is 0. The molecule has 1 amide bonds. The van der Waals surface area contributed by atoms with Crippen LogP contribution in [0.3, 0.4) is 0 Å². The lowest BCUT2D eigenvalue weighted by molar-refractivity contribution is -0.928. The molecule has 3 atom stereocenters. The van der Waals surface area contributed by atoms with E-state index >= 15 is 0 Å². The first-order chi connectivity index (χ1) is 14.6. The monoisotopic (exact) mass is 403 g/mol. The SMILES string of the molecule is O=C(C[NH+]1CCC[C@H]2CCCC[C@@H]21)Nc1cccc2c1C(=O)c1ccccc1C2=O. The minimum atomic E-state index is -0.200. The Hall–Kier alpha value is -2.79. The van der Waals surface area contributed by atoms with Crippen molar-refractivity contribution in [3.05, 3.63) is 64.7 Å². The zero-order valence-corrected chi connectivity index (χ0v) is 17.1. The van der Waals surface area contributed by atoms with Gasteiger partial charge in [-0.1, -0.05) is 42.8 Å². The lowest BCUT2D eigenvalue weighted by Crippen LogP contribution is -3.18. The third-order valence-corrected chi connectivity index (χ3v) is 7.12. The molecule has 5 nitrogen and oxygen atoms in total. The number of fused-ring (bicyclic) bond motifs is 3. The first-order valence-electron chi connectivity index (χ1n) is 11.1. The summed E-state index contributed by atoms with van der Waals surface area (Å²) in [6.07, 6.45) is 7.53. The Kier molecular flexibility index (Phi) is 4.99. The van der Waals surface area contributed by atoms with Crippen molar-refractivity contribution in [3.8, 4) is 0 Å². The third kappa shape index (κ3) is 3.27. The molecule has 0 aromatic heterocycles. The number of quaternary nitrogens is 1. The standard InChI is InChI=1S/C25H26N2O3/c28-22(15-27-14-6-8-16-7-1-4-13-21(16)27)26-20-12-5-11-19-23(20)25(30)18-10-3-2-9-17(18)24(19)29/h2-3,5,9-12,16,21H,1,4,6-8,13-15H2,(H,26,28)/p+1/t16-,21+/m1/s1. The molecule has 2 fully saturated rings. The number of piperidine rings is 1. The molecule has 2 aromatic rings. The van der Waals surface area contributed by atoms with Crippen molar-refractivity contribution in [2.75, 3.05) is 18.4 Å². The summed E-state index contributed by atoms with van der Waals surface area (Å²) in [5, 5.41) is 2.96. The zero-order chi connectivity index (χ0) is 20.7. The van der Waals surface area contributed by atoms with Crippen molar-refractivity contribution in [2.45, 2.75) is 44.6 Å². The van der Waals surface area contributed by atoms with E-state index in [0.717, 1.165) is 12.5 Å². The van der Waals surface area contributed by atoms with Crippen LogP contribution in [-0.4, -0.2) is 36.6 Å². The molecule has 30 heavy (non-hydrogen) atoms. The van der Waals surface area contributed by atoms with E-state index in [0.29, 0.717) is 40.5 Å². The summed E-state index contributed by atoms with van der Waals surface area (Å²) in [4.78, 5) is 40.3. The van der Waals surface area contributed by atoms with Gasteiger partial charge in [-0.15, -0.1) is 0 Å². The Bertz CT molecular complexity index is 1030. The smallest absolute Gasteiger partial charge is 0.279 e. The Balaban J connectivity index is 1.38. The molecule has 1 saturated carbocycles. The van der Waals surface area contributed by atoms with Crippen LogP contribution in [0.5, 0.6) is 0 Å². The van der Waals surface area contributed by atoms with Crippen molar-refractivity contribution < 1.29 is 19.3 Å². The highest BCUT2D eigenvalue weighted by Gasteiger charge is 2.38. The number of carbonyl (C=O) groups excluding carboxylic acids is 3. The van der Waals surface area contributed by atoms with E-state index in [-0.39, 0.29) is 17.5 Å². The molecule has 0 radical (unpaired) electrons. The number of ketones is 2. The molecular weight excluding hydrogens is 376 g/mol. The van der Waals surface area contributed by atoms with Gasteiger partial charge >= 0.3 is 0 Å². The lowest BCUT2D eigenvalue weighted by Gasteiger charge is -2.40. The maximum absolute atomic E-state index is 13.1. The van der Waals surface area contributed by atoms with Crippen LogP contribution in [0.2, 0.25) is 0 Å². The minimum absolute atomic E-state index is 0.0799. The second-order valence-corrected chi connectivity index (χ2v) is 8.86. The number of amides is 1. The quantitative estimate of drug-likeness (QED) is 0.707. The topological polar surface area (TPSA) is 67.7 Å². The Morgan fingerprint density at radius 1 is 0.867 bits per heavy atom. The van der Waals surface area contributed by atoms with Gasteiger partial charge in [0.15, 0.2) is 18.1 Å². The molecule has 1 unspecified atom stereocenters. The molecule has 1 heterocycles. The van der Waals surface area contributed by atoms with Crippen LogP contribution in [-0.2, 0) is 4.79 Å². The van der Waals surface area contributed by atoms with E-state index < -0.39 is 0 Å². The molecule has 5 heteroatoms. The molecule has 5 rings (SSSR count). The normalized spacial score (nSPS) is 25.1. The van der Waals surface area contributed by atoms with Gasteiger partial charge in [0.2, 0.25) is 0 Å². The lowest BCUT2D eigenvalue weighted by atomic mass is 9.78. The van der Waals surface area contributed by atoms with Crippen molar-refractivity contribution in [1.82, 2.24) is 0 Å². The van der Waals surface area contributed by atoms with Gasteiger partial charge in [0.25, 0.3) is 5.91 Å². The van der Waals surface area contributed by atoms with Crippen LogP contribution in [0.15, 0.2) is 42.5 Å². The second-order valence-electron chi connectivity index (χ2n) is 8.86. The average Bonchev–Trinajstić information content (AvgIpc) is 2.77. The fraction of sp³-hybridized carbons (Fsp3) is 0.400. The second kappa shape index (κ2) is 7.80. The number of anilines is 1. The van der Waals surface area contributed by atoms with Gasteiger partial charge < -0.3 is 10.2 Å². The summed E-state index contributed by atoms with van der Waals surface area (Å²) in [5.41, 5.74) is 1.97. The maximum Gasteiger partial charge on any atom is 0.279 e. The molecular formula is C25H27N2O3+. The van der Waals surface area contributed by atoms with Crippen molar-refractivity contribution in [1.29, 1.82) is 0 Å². The predicted molar refractivity (Wildman–Crippen MR) is 114 cm³/mol. The number of nitrogens with one attached hydrogen (secondary N) is 2. The molecule has 1 aliphatic heterocycles. The number of likely N-dealkylation sites (tertiary alicyclic amines) is 1. The van der Waals surface area contributed by atoms with E-state index in [2.05, 4.69) is 5.32 Å². The fourth-order valence-electron chi connectivity index (χ4n) is 5.74. The Morgan fingerprint density at radius 2 is 1.57 bits per heavy atom. The predicted octanol–water partition coefficient (Wildman–Crippen LogP) is 2.64. The van der Waals surface area contributed by atoms with Gasteiger partial charge in [-0.25, -0.2) is 0 Å². The highest BCUT2D eigenvalue weighted by atomic mass is 16.2. The number of benzene rings is 2. The summed E-state index contributed by atoms with van der Waals surface area (Å²) >= 11 is 0. The van der Waals surface area contributed by atoms with Gasteiger partial charge in [0, 0.05) is 22.6 Å². The van der Waals surface area contributed by atoms with Crippen LogP contribution >= 0.6 is 0 Å². The molecule has 3 aliphatic rings. The number of carbonyl (C=O) groups is 3. The summed E-state index contributed by atoms with van der Waals surface area (Å²) in [5.74, 6) is 0.302. The zero-order valence-electron chi connectivity index (χ0n) is 17.1. The van der Waals surface area contributed by atoms with Crippen LogP contribution in [0, 0.1) is 5.92 Å². The molecule has 2 N–H and O–H groups in total. The summed E-state index contributed by atoms with van der Waals surface area (Å²) in [6, 6.07) is 12.6. The Labute approximate surface area is 176 Å². The Morgan fingerprint density at radius 3 is 2.40 bits per heavy atom. The van der Waals surface area contributed by atoms with Gasteiger partial charge in [0.05, 0.1) is 23.8 Å². The van der Waals surface area contributed by atoms with Crippen LogP contribution in [0.4, 0.5) is 5.69 Å². The van der Waals surface area contributed by atoms with Gasteiger partial charge in [-0.3, -0.25) is 14.4 Å². The van der Waals surface area contributed by atoms with Crippen LogP contribution in [0.25, 0.3) is 0 Å². The van der Waals surface area contributed by atoms with Gasteiger partial charge in [-0.2, -0.15) is 0 Å². The van der Waals surface area contributed by atoms with Gasteiger partial charge in [-0.05, 0) is 38.2 Å².